The van der Waals surface area contributed by atoms with Gasteiger partial charge in [0.15, 0.2) is 11.5 Å². The lowest BCUT2D eigenvalue weighted by molar-refractivity contribution is 0.122. The van der Waals surface area contributed by atoms with Crippen LogP contribution in [-0.4, -0.2) is 45.2 Å². The quantitative estimate of drug-likeness (QED) is 0.479. The number of hydrogen-bond donors (Lipinski definition) is 0. The Morgan fingerprint density at radius 3 is 2.55 bits per heavy atom. The standard InChI is InChI=1S/C23H29BrN2O3/c1-4-17(3)29-23-21(24)14-18(15-22(23)28-5-2)16-25-19-6-8-20(9-7-19)26-10-12-27-13-11-26/h6-9,14-17H,4-5,10-13H2,1-3H3/t17-/m0/s1. The second-order valence-electron chi connectivity index (χ2n) is 6.97. The second kappa shape index (κ2) is 10.6. The van der Waals surface area contributed by atoms with Crippen LogP contribution in [-0.2, 0) is 4.74 Å². The van der Waals surface area contributed by atoms with Crippen molar-refractivity contribution in [3.8, 4) is 11.5 Å². The molecule has 2 aromatic rings. The van der Waals surface area contributed by atoms with Gasteiger partial charge in [0.25, 0.3) is 0 Å². The highest BCUT2D eigenvalue weighted by Gasteiger charge is 2.14. The largest absolute Gasteiger partial charge is 0.490 e. The van der Waals surface area contributed by atoms with Gasteiger partial charge in [-0.15, -0.1) is 0 Å². The minimum absolute atomic E-state index is 0.120. The summed E-state index contributed by atoms with van der Waals surface area (Å²) in [7, 11) is 0. The highest BCUT2D eigenvalue weighted by Crippen LogP contribution is 2.37. The van der Waals surface area contributed by atoms with E-state index in [2.05, 4.69) is 51.8 Å². The van der Waals surface area contributed by atoms with Crippen molar-refractivity contribution in [1.29, 1.82) is 0 Å². The first kappa shape index (κ1) is 21.7. The van der Waals surface area contributed by atoms with Crippen molar-refractivity contribution < 1.29 is 14.2 Å². The van der Waals surface area contributed by atoms with Crippen molar-refractivity contribution in [3.05, 3.63) is 46.4 Å². The van der Waals surface area contributed by atoms with Crippen LogP contribution in [0, 0.1) is 0 Å². The zero-order valence-corrected chi connectivity index (χ0v) is 18.9. The lowest BCUT2D eigenvalue weighted by Gasteiger charge is -2.28. The Morgan fingerprint density at radius 2 is 1.90 bits per heavy atom. The number of halogens is 1. The molecule has 3 rings (SSSR count). The van der Waals surface area contributed by atoms with Crippen LogP contribution in [0.15, 0.2) is 45.9 Å². The van der Waals surface area contributed by atoms with Gasteiger partial charge in [0, 0.05) is 25.0 Å². The monoisotopic (exact) mass is 460 g/mol. The average Bonchev–Trinajstić information content (AvgIpc) is 2.75. The molecule has 0 bridgehead atoms. The average molecular weight is 461 g/mol. The van der Waals surface area contributed by atoms with Crippen molar-refractivity contribution in [2.24, 2.45) is 4.99 Å². The van der Waals surface area contributed by atoms with Crippen LogP contribution < -0.4 is 14.4 Å². The Labute approximate surface area is 181 Å². The maximum Gasteiger partial charge on any atom is 0.175 e. The summed E-state index contributed by atoms with van der Waals surface area (Å²) in [6, 6.07) is 12.3. The van der Waals surface area contributed by atoms with Gasteiger partial charge in [-0.1, -0.05) is 6.92 Å². The molecule has 1 fully saturated rings. The van der Waals surface area contributed by atoms with Crippen LogP contribution in [0.1, 0.15) is 32.8 Å². The zero-order chi connectivity index (χ0) is 20.6. The molecule has 1 aliphatic rings. The molecule has 0 aromatic heterocycles. The first-order valence-corrected chi connectivity index (χ1v) is 11.0. The van der Waals surface area contributed by atoms with Crippen molar-refractivity contribution >= 4 is 33.5 Å². The zero-order valence-electron chi connectivity index (χ0n) is 17.4. The molecule has 6 heteroatoms. The molecule has 1 saturated heterocycles. The lowest BCUT2D eigenvalue weighted by atomic mass is 10.2. The van der Waals surface area contributed by atoms with E-state index in [9.17, 15) is 0 Å². The lowest BCUT2D eigenvalue weighted by Crippen LogP contribution is -2.36. The highest BCUT2D eigenvalue weighted by atomic mass is 79.9. The summed E-state index contributed by atoms with van der Waals surface area (Å²) in [4.78, 5) is 6.96. The maximum absolute atomic E-state index is 6.04. The van der Waals surface area contributed by atoms with E-state index in [1.807, 2.05) is 37.4 Å². The van der Waals surface area contributed by atoms with E-state index in [4.69, 9.17) is 14.2 Å². The van der Waals surface area contributed by atoms with E-state index in [0.717, 1.165) is 59.9 Å². The van der Waals surface area contributed by atoms with Crippen molar-refractivity contribution in [3.63, 3.8) is 0 Å². The summed E-state index contributed by atoms with van der Waals surface area (Å²) in [5.41, 5.74) is 3.07. The van der Waals surface area contributed by atoms with Crippen molar-refractivity contribution in [2.45, 2.75) is 33.3 Å². The number of hydrogen-bond acceptors (Lipinski definition) is 5. The van der Waals surface area contributed by atoms with Crippen LogP contribution in [0.25, 0.3) is 0 Å². The molecule has 0 unspecified atom stereocenters. The minimum atomic E-state index is 0.120. The van der Waals surface area contributed by atoms with Crippen LogP contribution >= 0.6 is 15.9 Å². The summed E-state index contributed by atoms with van der Waals surface area (Å²) in [5, 5.41) is 0. The Hall–Kier alpha value is -2.05. The number of benzene rings is 2. The Morgan fingerprint density at radius 1 is 1.17 bits per heavy atom. The SMILES string of the molecule is CCOc1cc(C=Nc2ccc(N3CCOCC3)cc2)cc(Br)c1O[C@@H](C)CC. The fourth-order valence-electron chi connectivity index (χ4n) is 3.04. The van der Waals surface area contributed by atoms with Gasteiger partial charge in [-0.2, -0.15) is 0 Å². The third kappa shape index (κ3) is 5.97. The molecule has 1 heterocycles. The number of anilines is 1. The van der Waals surface area contributed by atoms with Crippen molar-refractivity contribution in [2.75, 3.05) is 37.8 Å². The van der Waals surface area contributed by atoms with Crippen LogP contribution in [0.4, 0.5) is 11.4 Å². The summed E-state index contributed by atoms with van der Waals surface area (Å²) in [6.45, 7) is 10.1. The Bertz CT molecular complexity index is 818. The fraction of sp³-hybridized carbons (Fsp3) is 0.435. The summed E-state index contributed by atoms with van der Waals surface area (Å²) in [5.74, 6) is 1.47. The topological polar surface area (TPSA) is 43.3 Å². The van der Waals surface area contributed by atoms with Gasteiger partial charge >= 0.3 is 0 Å². The third-order valence-corrected chi connectivity index (χ3v) is 5.40. The van der Waals surface area contributed by atoms with Gasteiger partial charge in [-0.05, 0) is 78.2 Å². The molecular formula is C23H29BrN2O3. The summed E-state index contributed by atoms with van der Waals surface area (Å²) < 4.78 is 18.1. The van der Waals surface area contributed by atoms with Crippen LogP contribution in [0.5, 0.6) is 11.5 Å². The van der Waals surface area contributed by atoms with Gasteiger partial charge in [-0.3, -0.25) is 4.99 Å². The van der Waals surface area contributed by atoms with Gasteiger partial charge in [0.05, 0.1) is 36.1 Å². The molecule has 1 atom stereocenters. The molecular weight excluding hydrogens is 432 g/mol. The third-order valence-electron chi connectivity index (χ3n) is 4.81. The molecule has 156 valence electrons. The van der Waals surface area contributed by atoms with Crippen LogP contribution in [0.2, 0.25) is 0 Å². The van der Waals surface area contributed by atoms with Gasteiger partial charge in [0.2, 0.25) is 0 Å². The minimum Gasteiger partial charge on any atom is -0.490 e. The van der Waals surface area contributed by atoms with E-state index in [1.165, 1.54) is 5.69 Å². The Balaban J connectivity index is 1.75. The maximum atomic E-state index is 6.04. The van der Waals surface area contributed by atoms with E-state index in [0.29, 0.717) is 6.61 Å². The number of morpholine rings is 1. The number of ether oxygens (including phenoxy) is 3. The van der Waals surface area contributed by atoms with E-state index in [1.54, 1.807) is 0 Å². The van der Waals surface area contributed by atoms with E-state index >= 15 is 0 Å². The highest BCUT2D eigenvalue weighted by molar-refractivity contribution is 9.10. The number of rotatable bonds is 8. The van der Waals surface area contributed by atoms with E-state index < -0.39 is 0 Å². The smallest absolute Gasteiger partial charge is 0.175 e. The normalized spacial score (nSPS) is 15.5. The predicted molar refractivity (Wildman–Crippen MR) is 122 cm³/mol. The van der Waals surface area contributed by atoms with Crippen molar-refractivity contribution in [1.82, 2.24) is 0 Å². The molecule has 29 heavy (non-hydrogen) atoms. The molecule has 1 aliphatic heterocycles. The number of nitrogens with zero attached hydrogens (tertiary/aromatic N) is 2. The van der Waals surface area contributed by atoms with Gasteiger partial charge in [0.1, 0.15) is 0 Å². The van der Waals surface area contributed by atoms with E-state index in [-0.39, 0.29) is 6.10 Å². The molecule has 0 spiro atoms. The van der Waals surface area contributed by atoms with Gasteiger partial charge < -0.3 is 19.1 Å². The molecule has 5 nitrogen and oxygen atoms in total. The molecule has 0 radical (unpaired) electrons. The molecule has 0 amide bonds. The Kier molecular flexibility index (Phi) is 7.95. The predicted octanol–water partition coefficient (Wildman–Crippen LogP) is 5.61. The van der Waals surface area contributed by atoms with Gasteiger partial charge in [-0.25, -0.2) is 0 Å². The first-order valence-electron chi connectivity index (χ1n) is 10.2. The van der Waals surface area contributed by atoms with Crippen LogP contribution in [0.3, 0.4) is 0 Å². The number of aliphatic imine (C=N–C) groups is 1. The molecule has 2 aromatic carbocycles. The molecule has 0 aliphatic carbocycles. The molecule has 0 N–H and O–H groups in total. The summed E-state index contributed by atoms with van der Waals surface area (Å²) >= 11 is 3.62. The summed E-state index contributed by atoms with van der Waals surface area (Å²) in [6.07, 6.45) is 2.90. The second-order valence-corrected chi connectivity index (χ2v) is 7.83. The molecule has 0 saturated carbocycles. The fourth-order valence-corrected chi connectivity index (χ4v) is 3.60. The first-order chi connectivity index (χ1) is 14.1.